The Kier molecular flexibility index (Phi) is 5.81. The zero-order valence-corrected chi connectivity index (χ0v) is 18.6. The minimum Gasteiger partial charge on any atom is -0.387 e. The van der Waals surface area contributed by atoms with Gasteiger partial charge in [-0.1, -0.05) is 11.2 Å². The fraction of sp³-hybridized carbons (Fsp3) is 0.444. The van der Waals surface area contributed by atoms with Gasteiger partial charge in [-0.05, 0) is 25.3 Å². The molecule has 166 valence electrons. The Bertz CT molecular complexity index is 1210. The molecule has 31 heavy (non-hydrogen) atoms. The summed E-state index contributed by atoms with van der Waals surface area (Å²) in [4.78, 5) is 26.9. The van der Waals surface area contributed by atoms with Gasteiger partial charge in [0, 0.05) is 32.6 Å². The third-order valence-electron chi connectivity index (χ3n) is 5.03. The number of carbonyl (C=O) groups is 1. The Morgan fingerprint density at radius 2 is 1.97 bits per heavy atom. The van der Waals surface area contributed by atoms with Crippen LogP contribution in [0.3, 0.4) is 0 Å². The van der Waals surface area contributed by atoms with Crippen molar-refractivity contribution in [3.05, 3.63) is 39.5 Å². The lowest BCUT2D eigenvalue weighted by molar-refractivity contribution is -0.132. The second-order valence-corrected chi connectivity index (χ2v) is 9.88. The number of aromatic nitrogens is 3. The van der Waals surface area contributed by atoms with Gasteiger partial charge in [-0.25, -0.2) is 13.2 Å². The minimum absolute atomic E-state index is 0.0624. The van der Waals surface area contributed by atoms with Crippen molar-refractivity contribution >= 4 is 27.3 Å². The lowest BCUT2D eigenvalue weighted by Gasteiger charge is -2.34. The van der Waals surface area contributed by atoms with Crippen molar-refractivity contribution in [3.63, 3.8) is 0 Å². The molecule has 3 aromatic rings. The number of aryl methyl sites for hydroxylation is 3. The van der Waals surface area contributed by atoms with E-state index in [2.05, 4.69) is 10.3 Å². The Balaban J connectivity index is 1.34. The maximum atomic E-state index is 12.9. The van der Waals surface area contributed by atoms with Crippen molar-refractivity contribution in [3.8, 4) is 10.8 Å². The van der Waals surface area contributed by atoms with E-state index >= 15 is 0 Å². The predicted molar refractivity (Wildman–Crippen MR) is 110 cm³/mol. The molecular formula is C18H21N5O6S2. The van der Waals surface area contributed by atoms with Crippen LogP contribution in [0.4, 0.5) is 0 Å². The number of carbonyl (C=O) groups excluding carboxylic acids is 1. The zero-order chi connectivity index (χ0) is 22.2. The van der Waals surface area contributed by atoms with Crippen molar-refractivity contribution in [1.29, 1.82) is 0 Å². The Morgan fingerprint density at radius 3 is 2.58 bits per heavy atom. The van der Waals surface area contributed by atoms with E-state index < -0.39 is 15.8 Å². The summed E-state index contributed by atoms with van der Waals surface area (Å²) >= 11 is 1.40. The highest BCUT2D eigenvalue weighted by Crippen LogP contribution is 2.24. The van der Waals surface area contributed by atoms with E-state index in [1.54, 1.807) is 24.8 Å². The first-order chi connectivity index (χ1) is 14.8. The molecule has 1 aliphatic rings. The van der Waals surface area contributed by atoms with Crippen LogP contribution in [0.25, 0.3) is 10.8 Å². The van der Waals surface area contributed by atoms with Crippen LogP contribution in [-0.4, -0.2) is 64.6 Å². The quantitative estimate of drug-likeness (QED) is 0.526. The molecule has 1 saturated heterocycles. The molecule has 4 heterocycles. The van der Waals surface area contributed by atoms with E-state index in [1.165, 1.54) is 15.6 Å². The van der Waals surface area contributed by atoms with E-state index in [1.807, 2.05) is 11.4 Å². The molecule has 0 unspecified atom stereocenters. The number of nitrogens with zero attached hydrogens (tertiary/aromatic N) is 5. The molecule has 4 rings (SSSR count). The number of hydrogen-bond donors (Lipinski definition) is 0. The molecule has 13 heteroatoms. The monoisotopic (exact) mass is 467 g/mol. The third-order valence-corrected chi connectivity index (χ3v) is 8.03. The van der Waals surface area contributed by atoms with Gasteiger partial charge in [-0.15, -0.1) is 16.4 Å². The first-order valence-electron chi connectivity index (χ1n) is 9.60. The second kappa shape index (κ2) is 8.40. The fourth-order valence-corrected chi connectivity index (χ4v) is 5.81. The van der Waals surface area contributed by atoms with Crippen LogP contribution in [0, 0.1) is 13.8 Å². The Labute approximate surface area is 181 Å². The summed E-state index contributed by atoms with van der Waals surface area (Å²) in [7, 11) is -3.74. The largest absolute Gasteiger partial charge is 0.437 e. The topological polar surface area (TPSA) is 132 Å². The van der Waals surface area contributed by atoms with Crippen LogP contribution in [-0.2, 0) is 21.4 Å². The Hall–Kier alpha value is -2.77. The van der Waals surface area contributed by atoms with Crippen LogP contribution < -0.4 is 5.76 Å². The highest BCUT2D eigenvalue weighted by molar-refractivity contribution is 7.89. The number of thiophene rings is 1. The van der Waals surface area contributed by atoms with Gasteiger partial charge in [0.2, 0.25) is 15.9 Å². The van der Waals surface area contributed by atoms with Crippen molar-refractivity contribution in [1.82, 2.24) is 24.1 Å². The summed E-state index contributed by atoms with van der Waals surface area (Å²) in [6.07, 6.45) is 0.0624. The van der Waals surface area contributed by atoms with Gasteiger partial charge in [-0.2, -0.15) is 8.99 Å². The highest BCUT2D eigenvalue weighted by Gasteiger charge is 2.34. The lowest BCUT2D eigenvalue weighted by atomic mass is 10.3. The van der Waals surface area contributed by atoms with Gasteiger partial charge in [0.15, 0.2) is 5.76 Å². The smallest absolute Gasteiger partial charge is 0.387 e. The first-order valence-corrected chi connectivity index (χ1v) is 11.9. The summed E-state index contributed by atoms with van der Waals surface area (Å²) in [6.45, 7) is 4.09. The number of amides is 1. The molecule has 3 aromatic heterocycles. The average molecular weight is 468 g/mol. The van der Waals surface area contributed by atoms with Gasteiger partial charge in [0.05, 0.1) is 11.4 Å². The molecule has 1 amide bonds. The van der Waals surface area contributed by atoms with E-state index in [0.717, 1.165) is 9.56 Å². The summed E-state index contributed by atoms with van der Waals surface area (Å²) < 4.78 is 38.3. The number of piperazine rings is 1. The SMILES string of the molecule is Cc1noc(C)c1S(=O)(=O)N1CCN(C(=O)CCn2nc(-c3cccs3)oc2=O)CC1. The molecular weight excluding hydrogens is 446 g/mol. The van der Waals surface area contributed by atoms with E-state index in [0.29, 0.717) is 5.69 Å². The van der Waals surface area contributed by atoms with Gasteiger partial charge < -0.3 is 13.8 Å². The van der Waals surface area contributed by atoms with Crippen LogP contribution in [0.2, 0.25) is 0 Å². The van der Waals surface area contributed by atoms with Crippen molar-refractivity contribution in [2.45, 2.75) is 31.7 Å². The third kappa shape index (κ3) is 4.20. The molecule has 0 bridgehead atoms. The second-order valence-electron chi connectivity index (χ2n) is 7.06. The van der Waals surface area contributed by atoms with Crippen LogP contribution in [0.15, 0.2) is 36.1 Å². The van der Waals surface area contributed by atoms with Crippen LogP contribution in [0.5, 0.6) is 0 Å². The van der Waals surface area contributed by atoms with Crippen molar-refractivity contribution in [2.75, 3.05) is 26.2 Å². The van der Waals surface area contributed by atoms with Gasteiger partial charge in [-0.3, -0.25) is 4.79 Å². The van der Waals surface area contributed by atoms with Gasteiger partial charge in [0.25, 0.3) is 5.89 Å². The van der Waals surface area contributed by atoms with E-state index in [4.69, 9.17) is 8.94 Å². The molecule has 0 saturated carbocycles. The molecule has 0 aromatic carbocycles. The molecule has 0 spiro atoms. The molecule has 0 N–H and O–H groups in total. The molecule has 1 aliphatic heterocycles. The van der Waals surface area contributed by atoms with Gasteiger partial charge >= 0.3 is 5.76 Å². The summed E-state index contributed by atoms with van der Waals surface area (Å²) in [5.41, 5.74) is 0.316. The van der Waals surface area contributed by atoms with E-state index in [9.17, 15) is 18.0 Å². The molecule has 0 radical (unpaired) electrons. The minimum atomic E-state index is -3.74. The standard InChI is InChI=1S/C18H21N5O6S2/c1-12-16(13(2)29-20-12)31(26,27)22-9-7-21(8-10-22)15(24)5-6-23-18(25)28-17(19-23)14-4-3-11-30-14/h3-4,11H,5-10H2,1-2H3. The summed E-state index contributed by atoms with van der Waals surface area (Å²) in [6, 6.07) is 3.62. The fourth-order valence-electron chi connectivity index (χ4n) is 3.46. The summed E-state index contributed by atoms with van der Waals surface area (Å²) in [5.74, 6) is -0.324. The molecule has 11 nitrogen and oxygen atoms in total. The van der Waals surface area contributed by atoms with Crippen LogP contribution >= 0.6 is 11.3 Å². The van der Waals surface area contributed by atoms with Gasteiger partial charge in [0.1, 0.15) is 10.6 Å². The number of hydrogen-bond acceptors (Lipinski definition) is 9. The number of sulfonamides is 1. The highest BCUT2D eigenvalue weighted by atomic mass is 32.2. The summed E-state index contributed by atoms with van der Waals surface area (Å²) in [5, 5.41) is 9.70. The maximum absolute atomic E-state index is 12.9. The first kappa shape index (κ1) is 21.5. The predicted octanol–water partition coefficient (Wildman–Crippen LogP) is 1.09. The maximum Gasteiger partial charge on any atom is 0.437 e. The van der Waals surface area contributed by atoms with Crippen LogP contribution in [0.1, 0.15) is 17.9 Å². The molecule has 1 fully saturated rings. The molecule has 0 aliphatic carbocycles. The lowest BCUT2D eigenvalue weighted by Crippen LogP contribution is -2.50. The van der Waals surface area contributed by atoms with Crippen molar-refractivity contribution < 1.29 is 22.2 Å². The zero-order valence-electron chi connectivity index (χ0n) is 17.0. The average Bonchev–Trinajstić information content (AvgIpc) is 3.47. The number of rotatable bonds is 6. The Morgan fingerprint density at radius 1 is 1.23 bits per heavy atom. The van der Waals surface area contributed by atoms with E-state index in [-0.39, 0.29) is 61.6 Å². The molecule has 0 atom stereocenters. The normalized spacial score (nSPS) is 15.5. The van der Waals surface area contributed by atoms with Crippen molar-refractivity contribution in [2.24, 2.45) is 0 Å².